The van der Waals surface area contributed by atoms with Crippen LogP contribution in [-0.4, -0.2) is 80.5 Å². The van der Waals surface area contributed by atoms with Gasteiger partial charge in [0.05, 0.1) is 36.1 Å². The van der Waals surface area contributed by atoms with Crippen LogP contribution in [0.1, 0.15) is 35.9 Å². The van der Waals surface area contributed by atoms with Gasteiger partial charge in [-0.15, -0.1) is 11.3 Å². The van der Waals surface area contributed by atoms with E-state index in [1.54, 1.807) is 11.3 Å². The SMILES string of the molecule is CN1CCC(OC(c2cccc(OCCCN3CCOCC3)c2)c2nc3ccccc3s2)CC1. The Bertz CT molecular complexity index is 1010. The van der Waals surface area contributed by atoms with Crippen molar-refractivity contribution in [3.05, 3.63) is 59.1 Å². The monoisotopic (exact) mass is 481 g/mol. The van der Waals surface area contributed by atoms with Crippen LogP contribution in [0, 0.1) is 0 Å². The molecule has 5 rings (SSSR count). The van der Waals surface area contributed by atoms with Crippen molar-refractivity contribution in [3.8, 4) is 5.75 Å². The fraction of sp³-hybridized carbons (Fsp3) is 0.519. The lowest BCUT2D eigenvalue weighted by Crippen LogP contribution is -2.37. The predicted molar refractivity (Wildman–Crippen MR) is 137 cm³/mol. The first-order chi connectivity index (χ1) is 16.7. The molecule has 7 heteroatoms. The molecule has 0 N–H and O–H groups in total. The number of likely N-dealkylation sites (tertiary alicyclic amines) is 1. The van der Waals surface area contributed by atoms with E-state index in [0.717, 1.165) is 87.0 Å². The molecule has 0 aliphatic carbocycles. The number of thiazole rings is 1. The molecule has 182 valence electrons. The molecule has 3 heterocycles. The van der Waals surface area contributed by atoms with Crippen LogP contribution in [0.15, 0.2) is 48.5 Å². The largest absolute Gasteiger partial charge is 0.494 e. The van der Waals surface area contributed by atoms with Crippen molar-refractivity contribution in [1.29, 1.82) is 0 Å². The fourth-order valence-corrected chi connectivity index (χ4v) is 5.70. The zero-order valence-electron chi connectivity index (χ0n) is 20.0. The Hall–Kier alpha value is -2.03. The van der Waals surface area contributed by atoms with Gasteiger partial charge in [0.2, 0.25) is 0 Å². The van der Waals surface area contributed by atoms with Gasteiger partial charge in [0.15, 0.2) is 0 Å². The van der Waals surface area contributed by atoms with Gasteiger partial charge < -0.3 is 19.1 Å². The number of piperidine rings is 1. The normalized spacial score (nSPS) is 19.4. The molecule has 2 aliphatic heterocycles. The van der Waals surface area contributed by atoms with E-state index in [1.807, 2.05) is 12.1 Å². The minimum atomic E-state index is -0.178. The highest BCUT2D eigenvalue weighted by molar-refractivity contribution is 7.18. The van der Waals surface area contributed by atoms with Crippen molar-refractivity contribution in [1.82, 2.24) is 14.8 Å². The molecule has 0 amide bonds. The van der Waals surface area contributed by atoms with E-state index in [0.29, 0.717) is 6.61 Å². The molecule has 2 saturated heterocycles. The van der Waals surface area contributed by atoms with Gasteiger partial charge in [-0.2, -0.15) is 0 Å². The summed E-state index contributed by atoms with van der Waals surface area (Å²) in [6, 6.07) is 16.7. The van der Waals surface area contributed by atoms with Crippen LogP contribution in [0.2, 0.25) is 0 Å². The van der Waals surface area contributed by atoms with Crippen LogP contribution in [0.3, 0.4) is 0 Å². The maximum atomic E-state index is 6.75. The molecular weight excluding hydrogens is 446 g/mol. The molecule has 2 aromatic carbocycles. The molecule has 0 saturated carbocycles. The van der Waals surface area contributed by atoms with E-state index in [-0.39, 0.29) is 12.2 Å². The Labute approximate surface area is 206 Å². The maximum absolute atomic E-state index is 6.75. The molecule has 3 aromatic rings. The zero-order chi connectivity index (χ0) is 23.2. The summed E-state index contributed by atoms with van der Waals surface area (Å²) in [4.78, 5) is 9.77. The third kappa shape index (κ3) is 6.15. The molecule has 6 nitrogen and oxygen atoms in total. The van der Waals surface area contributed by atoms with Crippen LogP contribution < -0.4 is 4.74 Å². The van der Waals surface area contributed by atoms with Crippen molar-refractivity contribution in [2.24, 2.45) is 0 Å². The van der Waals surface area contributed by atoms with Crippen molar-refractivity contribution in [2.75, 3.05) is 59.6 Å². The average Bonchev–Trinajstić information content (AvgIpc) is 3.31. The molecule has 0 radical (unpaired) electrons. The molecule has 0 bridgehead atoms. The van der Waals surface area contributed by atoms with E-state index in [2.05, 4.69) is 53.2 Å². The summed E-state index contributed by atoms with van der Waals surface area (Å²) in [6.07, 6.45) is 3.18. The number of benzene rings is 2. The van der Waals surface area contributed by atoms with E-state index in [1.165, 1.54) is 4.70 Å². The highest BCUT2D eigenvalue weighted by atomic mass is 32.1. The van der Waals surface area contributed by atoms with E-state index >= 15 is 0 Å². The van der Waals surface area contributed by atoms with Gasteiger partial charge in [-0.25, -0.2) is 4.98 Å². The lowest BCUT2D eigenvalue weighted by molar-refractivity contribution is -0.0235. The second-order valence-electron chi connectivity index (χ2n) is 9.27. The van der Waals surface area contributed by atoms with Crippen LogP contribution in [0.25, 0.3) is 10.2 Å². The Kier molecular flexibility index (Phi) is 8.09. The highest BCUT2D eigenvalue weighted by Crippen LogP contribution is 2.36. The number of hydrogen-bond acceptors (Lipinski definition) is 7. The van der Waals surface area contributed by atoms with E-state index < -0.39 is 0 Å². The molecule has 0 spiro atoms. The standard InChI is InChI=1S/C27H35N3O3S/c1-29-13-10-22(11-14-29)33-26(27-28-24-8-2-3-9-25(24)34-27)21-6-4-7-23(20-21)32-17-5-12-30-15-18-31-19-16-30/h2-4,6-9,20,22,26H,5,10-19H2,1H3. The molecule has 2 fully saturated rings. The third-order valence-electron chi connectivity index (χ3n) is 6.68. The maximum Gasteiger partial charge on any atom is 0.135 e. The number of ether oxygens (including phenoxy) is 3. The second-order valence-corrected chi connectivity index (χ2v) is 10.3. The number of para-hydroxylation sites is 1. The van der Waals surface area contributed by atoms with Crippen LogP contribution >= 0.6 is 11.3 Å². The average molecular weight is 482 g/mol. The van der Waals surface area contributed by atoms with E-state index in [4.69, 9.17) is 19.2 Å². The third-order valence-corrected chi connectivity index (χ3v) is 7.76. The molecule has 2 aliphatic rings. The fourth-order valence-electron chi connectivity index (χ4n) is 4.67. The quantitative estimate of drug-likeness (QED) is 0.417. The number of aromatic nitrogens is 1. The van der Waals surface area contributed by atoms with Crippen molar-refractivity contribution < 1.29 is 14.2 Å². The number of fused-ring (bicyclic) bond motifs is 1. The summed E-state index contributed by atoms with van der Waals surface area (Å²) in [5.41, 5.74) is 2.15. The van der Waals surface area contributed by atoms with Gasteiger partial charge in [-0.3, -0.25) is 4.90 Å². The zero-order valence-corrected chi connectivity index (χ0v) is 20.8. The van der Waals surface area contributed by atoms with Crippen molar-refractivity contribution >= 4 is 21.6 Å². The Morgan fingerprint density at radius 1 is 1.06 bits per heavy atom. The summed E-state index contributed by atoms with van der Waals surface area (Å²) >= 11 is 1.73. The molecule has 34 heavy (non-hydrogen) atoms. The summed E-state index contributed by atoms with van der Waals surface area (Å²) in [7, 11) is 2.18. The second kappa shape index (κ2) is 11.6. The number of hydrogen-bond donors (Lipinski definition) is 0. The van der Waals surface area contributed by atoms with Crippen LogP contribution in [0.5, 0.6) is 5.75 Å². The van der Waals surface area contributed by atoms with Gasteiger partial charge >= 0.3 is 0 Å². The van der Waals surface area contributed by atoms with Crippen molar-refractivity contribution in [3.63, 3.8) is 0 Å². The Morgan fingerprint density at radius 2 is 1.88 bits per heavy atom. The van der Waals surface area contributed by atoms with E-state index in [9.17, 15) is 0 Å². The molecule has 1 unspecified atom stereocenters. The Morgan fingerprint density at radius 3 is 2.71 bits per heavy atom. The topological polar surface area (TPSA) is 47.1 Å². The molecule has 1 atom stereocenters. The van der Waals surface area contributed by atoms with Crippen LogP contribution in [0.4, 0.5) is 0 Å². The highest BCUT2D eigenvalue weighted by Gasteiger charge is 2.26. The molecular formula is C27H35N3O3S. The summed E-state index contributed by atoms with van der Waals surface area (Å²) < 4.78 is 19.5. The van der Waals surface area contributed by atoms with Crippen molar-refractivity contribution in [2.45, 2.75) is 31.5 Å². The minimum absolute atomic E-state index is 0.178. The molecule has 1 aromatic heterocycles. The number of rotatable bonds is 9. The first kappa shape index (κ1) is 23.7. The van der Waals surface area contributed by atoms with Crippen LogP contribution in [-0.2, 0) is 9.47 Å². The lowest BCUT2D eigenvalue weighted by atomic mass is 10.1. The number of morpholine rings is 1. The smallest absolute Gasteiger partial charge is 0.135 e. The predicted octanol–water partition coefficient (Wildman–Crippen LogP) is 4.60. The minimum Gasteiger partial charge on any atom is -0.494 e. The van der Waals surface area contributed by atoms with Gasteiger partial charge in [-0.05, 0) is 56.1 Å². The van der Waals surface area contributed by atoms with Gasteiger partial charge in [0, 0.05) is 32.7 Å². The lowest BCUT2D eigenvalue weighted by Gasteiger charge is -2.31. The Balaban J connectivity index is 1.29. The van der Waals surface area contributed by atoms with Gasteiger partial charge in [0.25, 0.3) is 0 Å². The summed E-state index contributed by atoms with van der Waals surface area (Å²) in [5.74, 6) is 0.901. The first-order valence-electron chi connectivity index (χ1n) is 12.5. The van der Waals surface area contributed by atoms with Gasteiger partial charge in [0.1, 0.15) is 16.9 Å². The summed E-state index contributed by atoms with van der Waals surface area (Å²) in [5, 5.41) is 1.02. The summed E-state index contributed by atoms with van der Waals surface area (Å²) in [6.45, 7) is 7.63. The first-order valence-corrected chi connectivity index (χ1v) is 13.3. The van der Waals surface area contributed by atoms with Gasteiger partial charge in [-0.1, -0.05) is 24.3 Å². The number of nitrogens with zero attached hydrogens (tertiary/aromatic N) is 3.